The second-order valence-corrected chi connectivity index (χ2v) is 5.60. The fourth-order valence-corrected chi connectivity index (χ4v) is 2.78. The normalized spacial score (nSPS) is 15.3. The molecule has 2 N–H and O–H groups in total. The lowest BCUT2D eigenvalue weighted by molar-refractivity contribution is 0.122. The molecule has 6 nitrogen and oxygen atoms in total. The molecule has 2 aromatic rings. The number of morpholine rings is 1. The Kier molecular flexibility index (Phi) is 4.70. The van der Waals surface area contributed by atoms with Crippen LogP contribution in [0.3, 0.4) is 0 Å². The van der Waals surface area contributed by atoms with Gasteiger partial charge in [-0.3, -0.25) is 5.10 Å². The van der Waals surface area contributed by atoms with E-state index >= 15 is 0 Å². The van der Waals surface area contributed by atoms with Crippen LogP contribution < -0.4 is 10.2 Å². The van der Waals surface area contributed by atoms with Crippen LogP contribution in [0.25, 0.3) is 0 Å². The SMILES string of the molecule is Cc1n[nH]c(C)c1CNCc1cccnc1N1CCOCC1. The van der Waals surface area contributed by atoms with Gasteiger partial charge in [0.15, 0.2) is 0 Å². The largest absolute Gasteiger partial charge is 0.378 e. The zero-order valence-corrected chi connectivity index (χ0v) is 13.2. The highest BCUT2D eigenvalue weighted by Gasteiger charge is 2.15. The Bertz CT molecular complexity index is 599. The average Bonchev–Trinajstić information content (AvgIpc) is 2.88. The first-order valence-corrected chi connectivity index (χ1v) is 7.73. The fourth-order valence-electron chi connectivity index (χ4n) is 2.78. The van der Waals surface area contributed by atoms with Gasteiger partial charge in [0.2, 0.25) is 0 Å². The number of rotatable bonds is 5. The van der Waals surface area contributed by atoms with Gasteiger partial charge in [0.1, 0.15) is 5.82 Å². The van der Waals surface area contributed by atoms with Crippen molar-refractivity contribution in [1.29, 1.82) is 0 Å². The fraction of sp³-hybridized carbons (Fsp3) is 0.500. The Morgan fingerprint density at radius 2 is 2.09 bits per heavy atom. The maximum atomic E-state index is 5.42. The lowest BCUT2D eigenvalue weighted by Gasteiger charge is -2.29. The van der Waals surface area contributed by atoms with E-state index in [4.69, 9.17) is 4.74 Å². The van der Waals surface area contributed by atoms with Gasteiger partial charge in [0, 0.05) is 49.2 Å². The Morgan fingerprint density at radius 1 is 1.27 bits per heavy atom. The van der Waals surface area contributed by atoms with E-state index in [2.05, 4.69) is 38.4 Å². The molecule has 1 saturated heterocycles. The van der Waals surface area contributed by atoms with E-state index in [-0.39, 0.29) is 0 Å². The van der Waals surface area contributed by atoms with Crippen LogP contribution in [0.5, 0.6) is 0 Å². The van der Waals surface area contributed by atoms with Crippen molar-refractivity contribution in [3.05, 3.63) is 40.8 Å². The van der Waals surface area contributed by atoms with E-state index in [1.165, 1.54) is 11.1 Å². The number of hydrogen-bond donors (Lipinski definition) is 2. The molecule has 6 heteroatoms. The Balaban J connectivity index is 1.65. The van der Waals surface area contributed by atoms with E-state index in [9.17, 15) is 0 Å². The monoisotopic (exact) mass is 301 g/mol. The van der Waals surface area contributed by atoms with E-state index in [0.29, 0.717) is 0 Å². The van der Waals surface area contributed by atoms with Gasteiger partial charge in [0.25, 0.3) is 0 Å². The van der Waals surface area contributed by atoms with Crippen LogP contribution in [-0.4, -0.2) is 41.5 Å². The summed E-state index contributed by atoms with van der Waals surface area (Å²) in [5.74, 6) is 1.07. The third-order valence-corrected chi connectivity index (χ3v) is 4.08. The maximum Gasteiger partial charge on any atom is 0.133 e. The number of nitrogens with zero attached hydrogens (tertiary/aromatic N) is 3. The van der Waals surface area contributed by atoms with Crippen LogP contribution in [0.2, 0.25) is 0 Å². The van der Waals surface area contributed by atoms with Crippen LogP contribution in [-0.2, 0) is 17.8 Å². The Hall–Kier alpha value is -1.92. The van der Waals surface area contributed by atoms with Crippen LogP contribution >= 0.6 is 0 Å². The zero-order valence-electron chi connectivity index (χ0n) is 13.2. The van der Waals surface area contributed by atoms with Gasteiger partial charge in [-0.05, 0) is 19.9 Å². The number of ether oxygens (including phenoxy) is 1. The smallest absolute Gasteiger partial charge is 0.133 e. The molecular weight excluding hydrogens is 278 g/mol. The quantitative estimate of drug-likeness (QED) is 0.877. The summed E-state index contributed by atoms with van der Waals surface area (Å²) in [4.78, 5) is 6.87. The van der Waals surface area contributed by atoms with Crippen LogP contribution in [0, 0.1) is 13.8 Å². The minimum absolute atomic E-state index is 0.775. The first kappa shape index (κ1) is 15.0. The molecule has 0 amide bonds. The summed E-state index contributed by atoms with van der Waals surface area (Å²) in [6, 6.07) is 4.13. The van der Waals surface area contributed by atoms with Gasteiger partial charge in [-0.25, -0.2) is 4.98 Å². The van der Waals surface area contributed by atoms with Crippen LogP contribution in [0.15, 0.2) is 18.3 Å². The van der Waals surface area contributed by atoms with Crippen molar-refractivity contribution in [2.45, 2.75) is 26.9 Å². The minimum Gasteiger partial charge on any atom is -0.378 e. The lowest BCUT2D eigenvalue weighted by atomic mass is 10.2. The Labute approximate surface area is 130 Å². The molecule has 3 heterocycles. The molecule has 22 heavy (non-hydrogen) atoms. The van der Waals surface area contributed by atoms with Gasteiger partial charge in [-0.1, -0.05) is 6.07 Å². The van der Waals surface area contributed by atoms with Crippen molar-refractivity contribution < 1.29 is 4.74 Å². The second-order valence-electron chi connectivity index (χ2n) is 5.60. The number of aromatic nitrogens is 3. The molecule has 0 aliphatic carbocycles. The molecule has 0 bridgehead atoms. The third-order valence-electron chi connectivity index (χ3n) is 4.08. The molecule has 2 aromatic heterocycles. The summed E-state index contributed by atoms with van der Waals surface area (Å²) in [5.41, 5.74) is 4.66. The number of aryl methyl sites for hydroxylation is 2. The van der Waals surface area contributed by atoms with Crippen molar-refractivity contribution in [2.75, 3.05) is 31.2 Å². The number of nitrogens with one attached hydrogen (secondary N) is 2. The standard InChI is InChI=1S/C16H23N5O/c1-12-15(13(2)20-19-12)11-17-10-14-4-3-5-18-16(14)21-6-8-22-9-7-21/h3-5,17H,6-11H2,1-2H3,(H,19,20). The van der Waals surface area contributed by atoms with Gasteiger partial charge in [-0.15, -0.1) is 0 Å². The molecule has 3 rings (SSSR count). The van der Waals surface area contributed by atoms with E-state index in [0.717, 1.165) is 56.6 Å². The molecule has 1 aliphatic rings. The maximum absolute atomic E-state index is 5.42. The van der Waals surface area contributed by atoms with Gasteiger partial charge < -0.3 is 15.0 Å². The number of H-pyrrole nitrogens is 1. The molecule has 0 aromatic carbocycles. The highest BCUT2D eigenvalue weighted by molar-refractivity contribution is 5.47. The predicted octanol–water partition coefficient (Wildman–Crippen LogP) is 1.55. The zero-order chi connectivity index (χ0) is 15.4. The average molecular weight is 301 g/mol. The molecule has 1 aliphatic heterocycles. The molecule has 0 saturated carbocycles. The predicted molar refractivity (Wildman–Crippen MR) is 85.9 cm³/mol. The summed E-state index contributed by atoms with van der Waals surface area (Å²) in [6.45, 7) is 9.06. The summed E-state index contributed by atoms with van der Waals surface area (Å²) >= 11 is 0. The van der Waals surface area contributed by atoms with E-state index in [1.54, 1.807) is 0 Å². The molecule has 0 spiro atoms. The summed E-state index contributed by atoms with van der Waals surface area (Å²) in [5, 5.41) is 10.8. The van der Waals surface area contributed by atoms with Crippen LogP contribution in [0.4, 0.5) is 5.82 Å². The van der Waals surface area contributed by atoms with E-state index < -0.39 is 0 Å². The van der Waals surface area contributed by atoms with Gasteiger partial charge >= 0.3 is 0 Å². The molecule has 1 fully saturated rings. The van der Waals surface area contributed by atoms with Crippen molar-refractivity contribution in [1.82, 2.24) is 20.5 Å². The number of hydrogen-bond acceptors (Lipinski definition) is 5. The minimum atomic E-state index is 0.775. The topological polar surface area (TPSA) is 66.1 Å². The number of aromatic amines is 1. The first-order chi connectivity index (χ1) is 10.8. The summed E-state index contributed by atoms with van der Waals surface area (Å²) < 4.78 is 5.42. The Morgan fingerprint density at radius 3 is 2.82 bits per heavy atom. The summed E-state index contributed by atoms with van der Waals surface area (Å²) in [6.07, 6.45) is 1.86. The summed E-state index contributed by atoms with van der Waals surface area (Å²) in [7, 11) is 0. The van der Waals surface area contributed by atoms with Crippen LogP contribution in [0.1, 0.15) is 22.5 Å². The third kappa shape index (κ3) is 3.28. The van der Waals surface area contributed by atoms with Gasteiger partial charge in [0.05, 0.1) is 18.9 Å². The molecule has 0 radical (unpaired) electrons. The van der Waals surface area contributed by atoms with Crippen molar-refractivity contribution in [3.63, 3.8) is 0 Å². The molecular formula is C16H23N5O. The highest BCUT2D eigenvalue weighted by Crippen LogP contribution is 2.18. The second kappa shape index (κ2) is 6.89. The van der Waals surface area contributed by atoms with E-state index in [1.807, 2.05) is 19.2 Å². The number of pyridine rings is 1. The first-order valence-electron chi connectivity index (χ1n) is 7.73. The van der Waals surface area contributed by atoms with Crippen molar-refractivity contribution in [2.24, 2.45) is 0 Å². The lowest BCUT2D eigenvalue weighted by Crippen LogP contribution is -2.37. The molecule has 0 unspecified atom stereocenters. The number of anilines is 1. The van der Waals surface area contributed by atoms with Crippen molar-refractivity contribution >= 4 is 5.82 Å². The highest BCUT2D eigenvalue weighted by atomic mass is 16.5. The molecule has 118 valence electrons. The van der Waals surface area contributed by atoms with Crippen molar-refractivity contribution in [3.8, 4) is 0 Å². The van der Waals surface area contributed by atoms with Gasteiger partial charge in [-0.2, -0.15) is 5.10 Å². The molecule has 0 atom stereocenters.